The molecule has 1 aromatic carbocycles. The van der Waals surface area contributed by atoms with Crippen LogP contribution in [0.4, 0.5) is 5.69 Å². The Hall–Kier alpha value is -1.75. The highest BCUT2D eigenvalue weighted by Crippen LogP contribution is 2.17. The zero-order valence-corrected chi connectivity index (χ0v) is 15.5. The number of nitrogens with zero attached hydrogens (tertiary/aromatic N) is 3. The minimum Gasteiger partial charge on any atom is -0.370 e. The molecule has 1 aliphatic heterocycles. The predicted molar refractivity (Wildman–Crippen MR) is 104 cm³/mol. The van der Waals surface area contributed by atoms with Crippen LogP contribution in [0.1, 0.15) is 25.8 Å². The number of aryl methyl sites for hydroxylation is 1. The van der Waals surface area contributed by atoms with Crippen molar-refractivity contribution >= 4 is 11.6 Å². The summed E-state index contributed by atoms with van der Waals surface area (Å²) in [5, 5.41) is 3.21. The summed E-state index contributed by atoms with van der Waals surface area (Å²) in [5.74, 6) is 1.13. The van der Waals surface area contributed by atoms with Gasteiger partial charge in [-0.2, -0.15) is 0 Å². The lowest BCUT2D eigenvalue weighted by Crippen LogP contribution is -2.47. The lowest BCUT2D eigenvalue weighted by molar-refractivity contribution is 0.255. The average molecular weight is 332 g/mol. The van der Waals surface area contributed by atoms with Gasteiger partial charge in [-0.15, -0.1) is 0 Å². The topological polar surface area (TPSA) is 56.9 Å². The van der Waals surface area contributed by atoms with E-state index >= 15 is 0 Å². The number of aliphatic imine (C=N–C) groups is 1. The molecule has 1 fully saturated rings. The molecule has 0 saturated carbocycles. The van der Waals surface area contributed by atoms with Crippen molar-refractivity contribution < 1.29 is 0 Å². The number of anilines is 1. The molecular weight excluding hydrogens is 298 g/mol. The van der Waals surface area contributed by atoms with Crippen LogP contribution in [0.3, 0.4) is 0 Å². The van der Waals surface area contributed by atoms with Crippen LogP contribution >= 0.6 is 0 Å². The van der Waals surface area contributed by atoms with Crippen LogP contribution in [-0.2, 0) is 0 Å². The first-order chi connectivity index (χ1) is 11.5. The van der Waals surface area contributed by atoms with Crippen molar-refractivity contribution in [2.24, 2.45) is 16.6 Å². The van der Waals surface area contributed by atoms with Crippen LogP contribution in [0.15, 0.2) is 29.3 Å². The van der Waals surface area contributed by atoms with E-state index in [1.807, 2.05) is 0 Å². The number of hydrogen-bond acceptors (Lipinski definition) is 3. The molecule has 5 nitrogen and oxygen atoms in total. The fourth-order valence-corrected chi connectivity index (χ4v) is 2.91. The van der Waals surface area contributed by atoms with Gasteiger partial charge in [0.15, 0.2) is 5.96 Å². The highest BCUT2D eigenvalue weighted by molar-refractivity contribution is 5.77. The van der Waals surface area contributed by atoms with E-state index in [-0.39, 0.29) is 0 Å². The van der Waals surface area contributed by atoms with Gasteiger partial charge >= 0.3 is 0 Å². The van der Waals surface area contributed by atoms with Gasteiger partial charge in [-0.05, 0) is 43.5 Å². The summed E-state index contributed by atoms with van der Waals surface area (Å²) in [5.41, 5.74) is 8.54. The number of guanidine groups is 1. The van der Waals surface area contributed by atoms with Crippen LogP contribution in [0.2, 0.25) is 0 Å². The zero-order valence-electron chi connectivity index (χ0n) is 15.5. The van der Waals surface area contributed by atoms with Crippen molar-refractivity contribution in [3.63, 3.8) is 0 Å². The fourth-order valence-electron chi connectivity index (χ4n) is 2.91. The Morgan fingerprint density at radius 2 is 2.00 bits per heavy atom. The summed E-state index contributed by atoms with van der Waals surface area (Å²) >= 11 is 0. The molecule has 1 heterocycles. The molecule has 24 heavy (non-hydrogen) atoms. The molecule has 0 radical (unpaired) electrons. The first-order valence-electron chi connectivity index (χ1n) is 9.12. The van der Waals surface area contributed by atoms with Crippen molar-refractivity contribution in [3.05, 3.63) is 29.8 Å². The van der Waals surface area contributed by atoms with Crippen molar-refractivity contribution in [2.45, 2.75) is 27.2 Å². The van der Waals surface area contributed by atoms with E-state index in [0.29, 0.717) is 11.9 Å². The van der Waals surface area contributed by atoms with Gasteiger partial charge in [0.1, 0.15) is 0 Å². The normalized spacial score (nSPS) is 16.7. The summed E-state index contributed by atoms with van der Waals surface area (Å²) in [6.45, 7) is 13.7. The van der Waals surface area contributed by atoms with Crippen molar-refractivity contribution in [1.29, 1.82) is 0 Å². The molecule has 5 heteroatoms. The third-order valence-corrected chi connectivity index (χ3v) is 4.32. The fraction of sp³-hybridized carbons (Fsp3) is 0.632. The molecular formula is C19H33N5. The van der Waals surface area contributed by atoms with Gasteiger partial charge in [-0.3, -0.25) is 9.89 Å². The first kappa shape index (κ1) is 18.6. The smallest absolute Gasteiger partial charge is 0.188 e. The maximum atomic E-state index is 5.85. The molecule has 3 N–H and O–H groups in total. The van der Waals surface area contributed by atoms with E-state index in [1.165, 1.54) is 11.3 Å². The van der Waals surface area contributed by atoms with Gasteiger partial charge in [0.05, 0.1) is 0 Å². The van der Waals surface area contributed by atoms with E-state index in [1.54, 1.807) is 0 Å². The molecule has 2 rings (SSSR count). The summed E-state index contributed by atoms with van der Waals surface area (Å²) < 4.78 is 0. The van der Waals surface area contributed by atoms with E-state index in [0.717, 1.165) is 52.2 Å². The lowest BCUT2D eigenvalue weighted by Gasteiger charge is -2.36. The van der Waals surface area contributed by atoms with E-state index in [2.05, 4.69) is 65.1 Å². The molecule has 134 valence electrons. The molecule has 1 saturated heterocycles. The molecule has 0 amide bonds. The summed E-state index contributed by atoms with van der Waals surface area (Å²) in [6.07, 6.45) is 1.10. The van der Waals surface area contributed by atoms with Gasteiger partial charge in [0.2, 0.25) is 0 Å². The van der Waals surface area contributed by atoms with E-state index in [9.17, 15) is 0 Å². The monoisotopic (exact) mass is 331 g/mol. The number of hydrogen-bond donors (Lipinski definition) is 2. The third-order valence-electron chi connectivity index (χ3n) is 4.32. The minimum absolute atomic E-state index is 0.551. The molecule has 0 spiro atoms. The van der Waals surface area contributed by atoms with Crippen molar-refractivity contribution in [2.75, 3.05) is 50.7 Å². The molecule has 1 aromatic rings. The highest BCUT2D eigenvalue weighted by Gasteiger charge is 2.16. The third kappa shape index (κ3) is 6.40. The Morgan fingerprint density at radius 3 is 2.67 bits per heavy atom. The van der Waals surface area contributed by atoms with Gasteiger partial charge in [0.25, 0.3) is 0 Å². The number of nitrogens with two attached hydrogens (primary N) is 1. The maximum absolute atomic E-state index is 5.85. The molecule has 0 aliphatic carbocycles. The summed E-state index contributed by atoms with van der Waals surface area (Å²) in [4.78, 5) is 9.34. The number of nitrogens with one attached hydrogen (secondary N) is 1. The summed E-state index contributed by atoms with van der Waals surface area (Å²) in [7, 11) is 0. The molecule has 0 atom stereocenters. The second-order valence-corrected chi connectivity index (χ2v) is 7.07. The Kier molecular flexibility index (Phi) is 7.37. The highest BCUT2D eigenvalue weighted by atomic mass is 15.3. The van der Waals surface area contributed by atoms with E-state index in [4.69, 9.17) is 5.73 Å². The predicted octanol–water partition coefficient (Wildman–Crippen LogP) is 2.07. The van der Waals surface area contributed by atoms with Crippen LogP contribution in [0.25, 0.3) is 0 Å². The Bertz CT molecular complexity index is 518. The number of benzene rings is 1. The molecule has 0 bridgehead atoms. The second kappa shape index (κ2) is 9.52. The molecule has 0 unspecified atom stereocenters. The largest absolute Gasteiger partial charge is 0.370 e. The Morgan fingerprint density at radius 1 is 1.25 bits per heavy atom. The molecule has 0 aromatic heterocycles. The van der Waals surface area contributed by atoms with Gasteiger partial charge < -0.3 is 16.0 Å². The Balaban J connectivity index is 1.62. The maximum Gasteiger partial charge on any atom is 0.188 e. The van der Waals surface area contributed by atoms with Gasteiger partial charge in [-0.1, -0.05) is 26.0 Å². The van der Waals surface area contributed by atoms with Crippen molar-refractivity contribution in [3.8, 4) is 0 Å². The lowest BCUT2D eigenvalue weighted by atomic mass is 10.2. The second-order valence-electron chi connectivity index (χ2n) is 7.07. The van der Waals surface area contributed by atoms with Crippen molar-refractivity contribution in [1.82, 2.24) is 10.2 Å². The van der Waals surface area contributed by atoms with Crippen LogP contribution < -0.4 is 16.0 Å². The van der Waals surface area contributed by atoms with Gasteiger partial charge in [0, 0.05) is 45.0 Å². The summed E-state index contributed by atoms with van der Waals surface area (Å²) in [6, 6.07) is 8.79. The average Bonchev–Trinajstić information content (AvgIpc) is 2.57. The number of rotatable bonds is 7. The van der Waals surface area contributed by atoms with E-state index < -0.39 is 0 Å². The number of piperazine rings is 1. The van der Waals surface area contributed by atoms with Gasteiger partial charge in [-0.25, -0.2) is 0 Å². The van der Waals surface area contributed by atoms with Crippen LogP contribution in [-0.4, -0.2) is 56.7 Å². The van der Waals surface area contributed by atoms with Crippen LogP contribution in [0.5, 0.6) is 0 Å². The quantitative estimate of drug-likeness (QED) is 0.456. The standard InChI is InChI=1S/C19H33N5/c1-16(2)15-22-19(20)21-8-5-9-23-10-12-24(13-11-23)18-7-4-6-17(3)14-18/h4,6-7,14,16H,5,8-13,15H2,1-3H3,(H3,20,21,22). The first-order valence-corrected chi connectivity index (χ1v) is 9.12. The van der Waals surface area contributed by atoms with Crippen LogP contribution in [0, 0.1) is 12.8 Å². The SMILES string of the molecule is Cc1cccc(N2CCN(CCCNC(N)=NCC(C)C)CC2)c1. The minimum atomic E-state index is 0.551. The Labute approximate surface area is 146 Å². The molecule has 1 aliphatic rings. The zero-order chi connectivity index (χ0) is 17.4.